The van der Waals surface area contributed by atoms with Crippen molar-refractivity contribution < 1.29 is 9.18 Å². The van der Waals surface area contributed by atoms with Gasteiger partial charge in [0.1, 0.15) is 5.82 Å². The van der Waals surface area contributed by atoms with Crippen LogP contribution in [0, 0.1) is 5.82 Å². The van der Waals surface area contributed by atoms with Crippen LogP contribution >= 0.6 is 0 Å². The number of rotatable bonds is 4. The molecule has 98 valence electrons. The second-order valence-corrected chi connectivity index (χ2v) is 4.58. The molecule has 2 rings (SSSR count). The predicted molar refractivity (Wildman–Crippen MR) is 69.7 cm³/mol. The number of nitrogens with zero attached hydrogens (tertiary/aromatic N) is 1. The zero-order valence-corrected chi connectivity index (χ0v) is 10.3. The number of likely N-dealkylation sites (tertiary alicyclic amines) is 1. The van der Waals surface area contributed by atoms with Crippen molar-refractivity contribution in [1.82, 2.24) is 4.90 Å². The summed E-state index contributed by atoms with van der Waals surface area (Å²) in [6.45, 7) is 2.88. The molecule has 4 nitrogen and oxygen atoms in total. The van der Waals surface area contributed by atoms with Gasteiger partial charge in [-0.05, 0) is 44.1 Å². The second kappa shape index (κ2) is 5.82. The van der Waals surface area contributed by atoms with E-state index in [4.69, 9.17) is 5.73 Å². The van der Waals surface area contributed by atoms with Gasteiger partial charge in [0.15, 0.2) is 0 Å². The number of nitrogen functional groups attached to an aromatic ring is 1. The normalized spacial score (nSPS) is 15.8. The van der Waals surface area contributed by atoms with E-state index in [1.165, 1.54) is 31.0 Å². The Morgan fingerprint density at radius 1 is 1.39 bits per heavy atom. The molecule has 1 fully saturated rings. The van der Waals surface area contributed by atoms with E-state index in [9.17, 15) is 9.18 Å². The first kappa shape index (κ1) is 12.8. The van der Waals surface area contributed by atoms with E-state index in [0.717, 1.165) is 19.6 Å². The minimum Gasteiger partial charge on any atom is -0.397 e. The smallest absolute Gasteiger partial charge is 0.225 e. The van der Waals surface area contributed by atoms with Gasteiger partial charge in [-0.25, -0.2) is 4.39 Å². The lowest BCUT2D eigenvalue weighted by Crippen LogP contribution is -2.25. The predicted octanol–water partition coefficient (Wildman–Crippen LogP) is 1.83. The zero-order chi connectivity index (χ0) is 13.0. The molecule has 0 saturated carbocycles. The highest BCUT2D eigenvalue weighted by Gasteiger charge is 2.13. The first-order valence-electron chi connectivity index (χ1n) is 6.22. The van der Waals surface area contributed by atoms with Crippen molar-refractivity contribution in [3.05, 3.63) is 24.0 Å². The lowest BCUT2D eigenvalue weighted by molar-refractivity contribution is -0.116. The average Bonchev–Trinajstić information content (AvgIpc) is 2.84. The quantitative estimate of drug-likeness (QED) is 0.803. The third-order valence-electron chi connectivity index (χ3n) is 3.14. The fraction of sp³-hybridized carbons (Fsp3) is 0.462. The number of nitrogens with one attached hydrogen (secondary N) is 1. The Morgan fingerprint density at radius 2 is 2.11 bits per heavy atom. The second-order valence-electron chi connectivity index (χ2n) is 4.58. The van der Waals surface area contributed by atoms with Crippen LogP contribution in [0.4, 0.5) is 15.8 Å². The van der Waals surface area contributed by atoms with Crippen molar-refractivity contribution in [3.63, 3.8) is 0 Å². The molecule has 1 aromatic carbocycles. The first-order valence-corrected chi connectivity index (χ1v) is 6.22. The van der Waals surface area contributed by atoms with E-state index in [1.807, 2.05) is 0 Å². The number of carbonyl (C=O) groups excluding carboxylic acids is 1. The summed E-state index contributed by atoms with van der Waals surface area (Å²) in [7, 11) is 0. The van der Waals surface area contributed by atoms with E-state index in [1.54, 1.807) is 0 Å². The first-order chi connectivity index (χ1) is 8.65. The number of benzene rings is 1. The lowest BCUT2D eigenvalue weighted by atomic mass is 10.2. The third kappa shape index (κ3) is 3.43. The summed E-state index contributed by atoms with van der Waals surface area (Å²) in [6, 6.07) is 3.96. The minimum atomic E-state index is -0.404. The van der Waals surface area contributed by atoms with Gasteiger partial charge in [-0.1, -0.05) is 0 Å². The van der Waals surface area contributed by atoms with Crippen LogP contribution in [0.25, 0.3) is 0 Å². The standard InChI is InChI=1S/C13H18FN3O/c14-10-3-4-11(15)12(9-10)16-13(18)5-8-17-6-1-2-7-17/h3-4,9H,1-2,5-8,15H2,(H,16,18). The summed E-state index contributed by atoms with van der Waals surface area (Å²) >= 11 is 0. The molecule has 0 unspecified atom stereocenters. The van der Waals surface area contributed by atoms with Gasteiger partial charge in [0.25, 0.3) is 0 Å². The SMILES string of the molecule is Nc1ccc(F)cc1NC(=O)CCN1CCCC1. The van der Waals surface area contributed by atoms with Gasteiger partial charge in [-0.2, -0.15) is 0 Å². The van der Waals surface area contributed by atoms with Crippen LogP contribution in [-0.4, -0.2) is 30.4 Å². The minimum absolute atomic E-state index is 0.126. The number of hydrogen-bond acceptors (Lipinski definition) is 3. The van der Waals surface area contributed by atoms with E-state index in [-0.39, 0.29) is 5.91 Å². The van der Waals surface area contributed by atoms with Crippen LogP contribution in [0.1, 0.15) is 19.3 Å². The van der Waals surface area contributed by atoms with Crippen molar-refractivity contribution in [1.29, 1.82) is 0 Å². The van der Waals surface area contributed by atoms with Crippen molar-refractivity contribution >= 4 is 17.3 Å². The number of hydrogen-bond donors (Lipinski definition) is 2. The number of halogens is 1. The zero-order valence-electron chi connectivity index (χ0n) is 10.3. The molecule has 1 amide bonds. The summed E-state index contributed by atoms with van der Waals surface area (Å²) in [6.07, 6.45) is 2.83. The molecule has 1 heterocycles. The Hall–Kier alpha value is -1.62. The Labute approximate surface area is 106 Å². The highest BCUT2D eigenvalue weighted by Crippen LogP contribution is 2.19. The Bertz CT molecular complexity index is 430. The summed E-state index contributed by atoms with van der Waals surface area (Å²) in [5.74, 6) is -0.529. The van der Waals surface area contributed by atoms with Crippen molar-refractivity contribution in [3.8, 4) is 0 Å². The number of nitrogens with two attached hydrogens (primary N) is 1. The summed E-state index contributed by atoms with van der Waals surface area (Å²) in [5.41, 5.74) is 6.39. The molecule has 1 saturated heterocycles. The van der Waals surface area contributed by atoms with Gasteiger partial charge in [0, 0.05) is 13.0 Å². The number of carbonyl (C=O) groups is 1. The average molecular weight is 251 g/mol. The van der Waals surface area contributed by atoms with Crippen LogP contribution in [-0.2, 0) is 4.79 Å². The number of amides is 1. The highest BCUT2D eigenvalue weighted by atomic mass is 19.1. The molecule has 5 heteroatoms. The van der Waals surface area contributed by atoms with E-state index >= 15 is 0 Å². The van der Waals surface area contributed by atoms with Crippen molar-refractivity contribution in [2.75, 3.05) is 30.7 Å². The van der Waals surface area contributed by atoms with Crippen LogP contribution in [0.3, 0.4) is 0 Å². The van der Waals surface area contributed by atoms with Gasteiger partial charge in [0.2, 0.25) is 5.91 Å². The van der Waals surface area contributed by atoms with Crippen molar-refractivity contribution in [2.24, 2.45) is 0 Å². The van der Waals surface area contributed by atoms with Gasteiger partial charge in [-0.15, -0.1) is 0 Å². The van der Waals surface area contributed by atoms with E-state index < -0.39 is 5.82 Å². The molecule has 1 aromatic rings. The Balaban J connectivity index is 1.84. The summed E-state index contributed by atoms with van der Waals surface area (Å²) in [4.78, 5) is 14.0. The molecule has 0 aromatic heterocycles. The van der Waals surface area contributed by atoms with Crippen LogP contribution < -0.4 is 11.1 Å². The monoisotopic (exact) mass is 251 g/mol. The van der Waals surface area contributed by atoms with Crippen LogP contribution in [0.15, 0.2) is 18.2 Å². The fourth-order valence-electron chi connectivity index (χ4n) is 2.12. The fourth-order valence-corrected chi connectivity index (χ4v) is 2.12. The lowest BCUT2D eigenvalue weighted by Gasteiger charge is -2.14. The van der Waals surface area contributed by atoms with Crippen molar-refractivity contribution in [2.45, 2.75) is 19.3 Å². The molecule has 0 bridgehead atoms. The molecule has 0 aliphatic carbocycles. The number of anilines is 2. The van der Waals surface area contributed by atoms with E-state index in [0.29, 0.717) is 17.8 Å². The highest BCUT2D eigenvalue weighted by molar-refractivity contribution is 5.93. The van der Waals surface area contributed by atoms with E-state index in [2.05, 4.69) is 10.2 Å². The van der Waals surface area contributed by atoms with Gasteiger partial charge < -0.3 is 16.0 Å². The Kier molecular flexibility index (Phi) is 4.15. The van der Waals surface area contributed by atoms with Crippen LogP contribution in [0.2, 0.25) is 0 Å². The maximum Gasteiger partial charge on any atom is 0.225 e. The third-order valence-corrected chi connectivity index (χ3v) is 3.14. The molecular weight excluding hydrogens is 233 g/mol. The van der Waals surface area contributed by atoms with Gasteiger partial charge in [0.05, 0.1) is 11.4 Å². The Morgan fingerprint density at radius 3 is 2.83 bits per heavy atom. The topological polar surface area (TPSA) is 58.4 Å². The molecular formula is C13H18FN3O. The van der Waals surface area contributed by atoms with Crippen LogP contribution in [0.5, 0.6) is 0 Å². The molecule has 18 heavy (non-hydrogen) atoms. The van der Waals surface area contributed by atoms with Gasteiger partial charge >= 0.3 is 0 Å². The maximum absolute atomic E-state index is 13.0. The largest absolute Gasteiger partial charge is 0.397 e. The molecule has 1 aliphatic rings. The molecule has 3 N–H and O–H groups in total. The summed E-state index contributed by atoms with van der Waals surface area (Å²) < 4.78 is 13.0. The molecule has 0 atom stereocenters. The molecule has 1 aliphatic heterocycles. The maximum atomic E-state index is 13.0. The molecule has 0 radical (unpaired) electrons. The summed E-state index contributed by atoms with van der Waals surface area (Å²) in [5, 5.41) is 2.64. The molecule has 0 spiro atoms. The van der Waals surface area contributed by atoms with Gasteiger partial charge in [-0.3, -0.25) is 4.79 Å².